The lowest BCUT2D eigenvalue weighted by Crippen LogP contribution is -2.23. The van der Waals surface area contributed by atoms with Gasteiger partial charge in [0.15, 0.2) is 0 Å². The summed E-state index contributed by atoms with van der Waals surface area (Å²) in [6.07, 6.45) is 0. The molecule has 0 aliphatic rings. The van der Waals surface area contributed by atoms with Gasteiger partial charge in [-0.1, -0.05) is 30.0 Å². The highest BCUT2D eigenvalue weighted by atomic mass is 32.2. The fourth-order valence-electron chi connectivity index (χ4n) is 2.52. The van der Waals surface area contributed by atoms with Crippen LogP contribution >= 0.6 is 11.8 Å². The number of benzene rings is 2. The molecule has 0 bridgehead atoms. The molecule has 0 aliphatic carbocycles. The summed E-state index contributed by atoms with van der Waals surface area (Å²) in [5, 5.41) is 25.3. The Morgan fingerprint density at radius 2 is 2.00 bits per heavy atom. The lowest BCUT2D eigenvalue weighted by Gasteiger charge is -2.13. The van der Waals surface area contributed by atoms with Gasteiger partial charge in [-0.05, 0) is 54.5 Å². The minimum Gasteiger partial charge on any atom is -0.325 e. The second-order valence-corrected chi connectivity index (χ2v) is 7.46. The molecule has 10 heteroatoms. The number of carbonyl (C=O) groups excluding carboxylic acids is 1. The molecule has 9 nitrogen and oxygen atoms in total. The van der Waals surface area contributed by atoms with Crippen LogP contribution in [0.5, 0.6) is 0 Å². The lowest BCUT2D eigenvalue weighted by molar-refractivity contribution is -0.384. The molecule has 0 saturated heterocycles. The number of aromatic nitrogens is 4. The molecule has 144 valence electrons. The average Bonchev–Trinajstić information content (AvgIpc) is 3.12. The zero-order valence-corrected chi connectivity index (χ0v) is 16.3. The normalized spacial score (nSPS) is 11.8. The van der Waals surface area contributed by atoms with Gasteiger partial charge in [0, 0.05) is 17.8 Å². The van der Waals surface area contributed by atoms with Crippen LogP contribution in [0.2, 0.25) is 0 Å². The molecule has 0 radical (unpaired) electrons. The van der Waals surface area contributed by atoms with Crippen molar-refractivity contribution in [2.75, 3.05) is 5.32 Å². The van der Waals surface area contributed by atoms with Crippen molar-refractivity contribution in [1.29, 1.82) is 0 Å². The fraction of sp³-hybridized carbons (Fsp3) is 0.222. The van der Waals surface area contributed by atoms with Crippen LogP contribution in [0.25, 0.3) is 5.69 Å². The number of hydrogen-bond donors (Lipinski definition) is 1. The van der Waals surface area contributed by atoms with Crippen molar-refractivity contribution < 1.29 is 9.72 Å². The van der Waals surface area contributed by atoms with Crippen molar-refractivity contribution in [2.45, 2.75) is 31.2 Å². The maximum Gasteiger partial charge on any atom is 0.271 e. The monoisotopic (exact) mass is 398 g/mol. The fourth-order valence-corrected chi connectivity index (χ4v) is 3.32. The van der Waals surface area contributed by atoms with Crippen molar-refractivity contribution >= 4 is 29.0 Å². The molecule has 1 atom stereocenters. The first-order valence-corrected chi connectivity index (χ1v) is 9.31. The van der Waals surface area contributed by atoms with Crippen LogP contribution in [0, 0.1) is 24.0 Å². The van der Waals surface area contributed by atoms with E-state index in [0.717, 1.165) is 16.8 Å². The standard InChI is InChI=1S/C18H18N6O3S/c1-11-6-4-9-16(12(11)2)23-18(20-21-22-23)28-13(3)17(25)19-14-7-5-8-15(10-14)24(26)27/h4-10,13H,1-3H3,(H,19,25). The summed E-state index contributed by atoms with van der Waals surface area (Å²) in [5.41, 5.74) is 3.28. The Balaban J connectivity index is 1.75. The summed E-state index contributed by atoms with van der Waals surface area (Å²) in [5.74, 6) is -0.305. The van der Waals surface area contributed by atoms with Gasteiger partial charge < -0.3 is 5.32 Å². The number of thioether (sulfide) groups is 1. The summed E-state index contributed by atoms with van der Waals surface area (Å²) >= 11 is 1.21. The van der Waals surface area contributed by atoms with Gasteiger partial charge in [-0.3, -0.25) is 14.9 Å². The number of carbonyl (C=O) groups is 1. The molecule has 3 aromatic rings. The third-order valence-corrected chi connectivity index (χ3v) is 5.25. The highest BCUT2D eigenvalue weighted by Crippen LogP contribution is 2.26. The second-order valence-electron chi connectivity index (χ2n) is 6.15. The molecule has 1 heterocycles. The summed E-state index contributed by atoms with van der Waals surface area (Å²) < 4.78 is 1.60. The van der Waals surface area contributed by atoms with Crippen LogP contribution in [0.15, 0.2) is 47.6 Å². The molecule has 1 unspecified atom stereocenters. The summed E-state index contributed by atoms with van der Waals surface area (Å²) in [7, 11) is 0. The SMILES string of the molecule is Cc1cccc(-n2nnnc2SC(C)C(=O)Nc2cccc([N+](=O)[O-])c2)c1C. The van der Waals surface area contributed by atoms with E-state index in [9.17, 15) is 14.9 Å². The number of non-ortho nitro benzene ring substituents is 1. The first-order valence-electron chi connectivity index (χ1n) is 8.43. The predicted molar refractivity (Wildman–Crippen MR) is 106 cm³/mol. The van der Waals surface area contributed by atoms with Gasteiger partial charge in [0.2, 0.25) is 11.1 Å². The number of rotatable bonds is 6. The highest BCUT2D eigenvalue weighted by Gasteiger charge is 2.20. The van der Waals surface area contributed by atoms with Crippen LogP contribution in [0.3, 0.4) is 0 Å². The third-order valence-electron chi connectivity index (χ3n) is 4.22. The largest absolute Gasteiger partial charge is 0.325 e. The summed E-state index contributed by atoms with van der Waals surface area (Å²) in [4.78, 5) is 22.9. The van der Waals surface area contributed by atoms with Gasteiger partial charge in [-0.25, -0.2) is 0 Å². The van der Waals surface area contributed by atoms with E-state index in [2.05, 4.69) is 20.8 Å². The highest BCUT2D eigenvalue weighted by molar-refractivity contribution is 8.00. The second kappa shape index (κ2) is 8.17. The Hall–Kier alpha value is -3.27. The Labute approximate surface area is 165 Å². The van der Waals surface area contributed by atoms with Crippen molar-refractivity contribution in [3.05, 3.63) is 63.7 Å². The van der Waals surface area contributed by atoms with Crippen molar-refractivity contribution in [3.8, 4) is 5.69 Å². The molecule has 1 aromatic heterocycles. The number of aryl methyl sites for hydroxylation is 1. The number of amides is 1. The predicted octanol–water partition coefficient (Wildman–Crippen LogP) is 3.31. The summed E-state index contributed by atoms with van der Waals surface area (Å²) in [6.45, 7) is 5.71. The molecule has 3 rings (SSSR count). The van der Waals surface area contributed by atoms with E-state index in [1.165, 1.54) is 30.0 Å². The smallest absolute Gasteiger partial charge is 0.271 e. The lowest BCUT2D eigenvalue weighted by atomic mass is 10.1. The van der Waals surface area contributed by atoms with Crippen molar-refractivity contribution in [2.24, 2.45) is 0 Å². The van der Waals surface area contributed by atoms with Crippen LogP contribution < -0.4 is 5.32 Å². The maximum atomic E-state index is 12.5. The Kier molecular flexibility index (Phi) is 5.69. The Morgan fingerprint density at radius 1 is 1.25 bits per heavy atom. The number of nitro benzene ring substituents is 1. The average molecular weight is 398 g/mol. The van der Waals surface area contributed by atoms with Gasteiger partial charge in [0.1, 0.15) is 0 Å². The van der Waals surface area contributed by atoms with Crippen LogP contribution in [0.1, 0.15) is 18.1 Å². The number of tetrazole rings is 1. The zero-order chi connectivity index (χ0) is 20.3. The van der Waals surface area contributed by atoms with E-state index in [1.54, 1.807) is 17.7 Å². The van der Waals surface area contributed by atoms with E-state index < -0.39 is 10.2 Å². The van der Waals surface area contributed by atoms with E-state index in [0.29, 0.717) is 10.8 Å². The van der Waals surface area contributed by atoms with Crippen LogP contribution in [-0.2, 0) is 4.79 Å². The number of anilines is 1. The molecule has 2 aromatic carbocycles. The van der Waals surface area contributed by atoms with Gasteiger partial charge >= 0.3 is 0 Å². The number of hydrogen-bond acceptors (Lipinski definition) is 7. The minimum atomic E-state index is -0.519. The van der Waals surface area contributed by atoms with Crippen molar-refractivity contribution in [3.63, 3.8) is 0 Å². The Bertz CT molecular complexity index is 1040. The molecule has 1 amide bonds. The van der Waals surface area contributed by atoms with Gasteiger partial charge in [0.25, 0.3) is 5.69 Å². The molecule has 1 N–H and O–H groups in total. The van der Waals surface area contributed by atoms with Crippen LogP contribution in [0.4, 0.5) is 11.4 Å². The molecule has 0 saturated carbocycles. The van der Waals surface area contributed by atoms with Gasteiger partial charge in [-0.2, -0.15) is 4.68 Å². The quantitative estimate of drug-likeness (QED) is 0.385. The van der Waals surface area contributed by atoms with Gasteiger partial charge in [-0.15, -0.1) is 5.10 Å². The van der Waals surface area contributed by atoms with E-state index in [-0.39, 0.29) is 11.6 Å². The van der Waals surface area contributed by atoms with Gasteiger partial charge in [0.05, 0.1) is 15.9 Å². The zero-order valence-electron chi connectivity index (χ0n) is 15.5. The number of nitro groups is 1. The molecular formula is C18H18N6O3S. The van der Waals surface area contributed by atoms with E-state index >= 15 is 0 Å². The van der Waals surface area contributed by atoms with E-state index in [4.69, 9.17) is 0 Å². The molecular weight excluding hydrogens is 380 g/mol. The number of nitrogens with one attached hydrogen (secondary N) is 1. The maximum absolute atomic E-state index is 12.5. The number of nitrogens with zero attached hydrogens (tertiary/aromatic N) is 5. The van der Waals surface area contributed by atoms with E-state index in [1.807, 2.05) is 32.0 Å². The summed E-state index contributed by atoms with van der Waals surface area (Å²) in [6, 6.07) is 11.6. The first kappa shape index (κ1) is 19.5. The molecule has 0 spiro atoms. The van der Waals surface area contributed by atoms with Crippen LogP contribution in [-0.4, -0.2) is 36.3 Å². The molecule has 28 heavy (non-hydrogen) atoms. The minimum absolute atomic E-state index is 0.0861. The molecule has 0 aliphatic heterocycles. The third kappa shape index (κ3) is 4.17. The Morgan fingerprint density at radius 3 is 2.75 bits per heavy atom. The first-order chi connectivity index (χ1) is 13.4. The topological polar surface area (TPSA) is 116 Å². The molecule has 0 fully saturated rings. The van der Waals surface area contributed by atoms with Crippen molar-refractivity contribution in [1.82, 2.24) is 20.2 Å².